The molecule has 1 radical (unpaired) electrons. The van der Waals surface area contributed by atoms with Crippen LogP contribution in [0.1, 0.15) is 33.2 Å². The largest absolute Gasteiger partial charge is 0.305 e. The molecule has 4 heteroatoms. The Balaban J connectivity index is 0.000000228. The van der Waals surface area contributed by atoms with Gasteiger partial charge in [0.05, 0.1) is 8.07 Å². The molecule has 4 aromatic carbocycles. The quantitative estimate of drug-likeness (QED) is 0.125. The van der Waals surface area contributed by atoms with Gasteiger partial charge in [0.2, 0.25) is 0 Å². The third-order valence-corrected chi connectivity index (χ3v) is 8.84. The summed E-state index contributed by atoms with van der Waals surface area (Å²) in [5, 5.41) is 1.31. The summed E-state index contributed by atoms with van der Waals surface area (Å²) < 4.78 is 62.9. The molecule has 6 rings (SSSR count). The van der Waals surface area contributed by atoms with Crippen LogP contribution in [-0.2, 0) is 26.5 Å². The summed E-state index contributed by atoms with van der Waals surface area (Å²) in [7, 11) is -1.57. The standard InChI is InChI=1S/C21H22NSi.C19H16N.Ir/c1-16-10-12-18(13-11-16)20-14-19(17-8-6-5-7-9-17)21(15-22-20)23(2,3)4;1-15-14-20-19(17-10-6-3-7-11-17)13-18(15)12-16-8-4-2-5-9-16;/h5-12,14-15H,1-4H3;2-10,13-14H,12H2,1H3;/q2*-1;/i1D3;1D3,12D2;. The first-order chi connectivity index (χ1) is 24.0. The molecular weight excluding hydrogens is 729 g/mol. The molecule has 0 aliphatic heterocycles. The first-order valence-electron chi connectivity index (χ1n) is 18.1. The van der Waals surface area contributed by atoms with Gasteiger partial charge in [-0.25, -0.2) is 0 Å². The Hall–Kier alpha value is -3.95. The number of aromatic nitrogens is 2. The normalized spacial score (nSPS) is 14.3. The Morgan fingerprint density at radius 1 is 0.727 bits per heavy atom. The molecule has 0 fully saturated rings. The van der Waals surface area contributed by atoms with Gasteiger partial charge in [0.25, 0.3) is 0 Å². The van der Waals surface area contributed by atoms with Gasteiger partial charge in [-0.1, -0.05) is 99.3 Å². The molecule has 0 aliphatic rings. The number of nitrogens with zero attached hydrogens (tertiary/aromatic N) is 2. The fourth-order valence-electron chi connectivity index (χ4n) is 4.58. The number of aryl methyl sites for hydroxylation is 2. The fourth-order valence-corrected chi connectivity index (χ4v) is 6.05. The van der Waals surface area contributed by atoms with Crippen LogP contribution in [-0.4, -0.2) is 18.0 Å². The second kappa shape index (κ2) is 15.2. The zero-order valence-electron chi connectivity index (χ0n) is 32.9. The molecule has 0 N–H and O–H groups in total. The fraction of sp³-hybridized carbons (Fsp3) is 0.150. The maximum Gasteiger partial charge on any atom is 0.0803 e. The van der Waals surface area contributed by atoms with E-state index in [1.807, 2.05) is 36.5 Å². The molecule has 2 heterocycles. The minimum Gasteiger partial charge on any atom is -0.305 e. The molecule has 0 aliphatic carbocycles. The SMILES string of the molecule is [2H]C([2H])([2H])c1c[c-]c(-c2cc(-c3ccccc3)c([Si](C)(C)C)cn2)cc1.[2H]C([2H])([2H])c1cnc(-c2[c-]cccc2)cc1C([2H])([2H])c1ccccc1.[Ir]. The van der Waals surface area contributed by atoms with E-state index in [-0.39, 0.29) is 31.2 Å². The van der Waals surface area contributed by atoms with Crippen molar-refractivity contribution in [2.24, 2.45) is 0 Å². The molecule has 2 nitrogen and oxygen atoms in total. The Morgan fingerprint density at radius 3 is 2.05 bits per heavy atom. The van der Waals surface area contributed by atoms with E-state index in [2.05, 4.69) is 59.9 Å². The van der Waals surface area contributed by atoms with E-state index in [9.17, 15) is 0 Å². The number of pyridine rings is 2. The van der Waals surface area contributed by atoms with Crippen molar-refractivity contribution in [2.45, 2.75) is 39.7 Å². The molecule has 0 saturated heterocycles. The molecule has 0 amide bonds. The van der Waals surface area contributed by atoms with Crippen molar-refractivity contribution in [3.8, 4) is 33.6 Å². The van der Waals surface area contributed by atoms with Crippen LogP contribution in [0.5, 0.6) is 0 Å². The van der Waals surface area contributed by atoms with E-state index in [0.29, 0.717) is 22.4 Å². The van der Waals surface area contributed by atoms with Crippen LogP contribution in [0.3, 0.4) is 0 Å². The van der Waals surface area contributed by atoms with Crippen molar-refractivity contribution < 1.29 is 31.1 Å². The van der Waals surface area contributed by atoms with Crippen LogP contribution >= 0.6 is 0 Å². The average molecular weight is 775 g/mol. The number of hydrogen-bond acceptors (Lipinski definition) is 2. The van der Waals surface area contributed by atoms with Gasteiger partial charge in [-0.05, 0) is 57.6 Å². The van der Waals surface area contributed by atoms with Crippen molar-refractivity contribution >= 4 is 13.3 Å². The minimum atomic E-state index is -2.45. The first kappa shape index (κ1) is 23.4. The van der Waals surface area contributed by atoms with Crippen LogP contribution in [0.4, 0.5) is 0 Å². The Morgan fingerprint density at radius 2 is 1.41 bits per heavy atom. The molecule has 0 spiro atoms. The Labute approximate surface area is 288 Å². The van der Waals surface area contributed by atoms with Crippen molar-refractivity contribution in [1.82, 2.24) is 9.97 Å². The van der Waals surface area contributed by atoms with Gasteiger partial charge in [0.1, 0.15) is 0 Å². The third-order valence-electron chi connectivity index (χ3n) is 6.83. The zero-order valence-corrected chi connectivity index (χ0v) is 28.2. The van der Waals surface area contributed by atoms with Crippen LogP contribution in [0, 0.1) is 25.8 Å². The van der Waals surface area contributed by atoms with Gasteiger partial charge in [0, 0.05) is 43.5 Å². The molecule has 6 aromatic rings. The summed E-state index contributed by atoms with van der Waals surface area (Å²) in [6, 6.07) is 40.8. The molecule has 0 bridgehead atoms. The smallest absolute Gasteiger partial charge is 0.0803 e. The maximum absolute atomic E-state index is 8.57. The minimum absolute atomic E-state index is 0. The summed E-state index contributed by atoms with van der Waals surface area (Å²) in [6.07, 6.45) is 1.27. The molecule has 0 atom stereocenters. The number of rotatable bonds is 6. The molecule has 0 saturated carbocycles. The summed E-state index contributed by atoms with van der Waals surface area (Å²) >= 11 is 0. The average Bonchev–Trinajstić information content (AvgIpc) is 3.11. The maximum atomic E-state index is 8.57. The number of benzene rings is 4. The van der Waals surface area contributed by atoms with Gasteiger partial charge in [-0.3, -0.25) is 0 Å². The second-order valence-corrected chi connectivity index (χ2v) is 16.1. The van der Waals surface area contributed by atoms with E-state index in [0.717, 1.165) is 11.3 Å². The topological polar surface area (TPSA) is 25.8 Å². The van der Waals surface area contributed by atoms with Gasteiger partial charge < -0.3 is 9.97 Å². The molecule has 44 heavy (non-hydrogen) atoms. The van der Waals surface area contributed by atoms with Crippen molar-refractivity contribution in [3.63, 3.8) is 0 Å². The van der Waals surface area contributed by atoms with Gasteiger partial charge >= 0.3 is 0 Å². The van der Waals surface area contributed by atoms with E-state index in [1.54, 1.807) is 60.7 Å². The van der Waals surface area contributed by atoms with Crippen LogP contribution in [0.2, 0.25) is 19.6 Å². The molecule has 223 valence electrons. The monoisotopic (exact) mass is 775 g/mol. The summed E-state index contributed by atoms with van der Waals surface area (Å²) in [5.41, 5.74) is 5.86. The van der Waals surface area contributed by atoms with Crippen LogP contribution < -0.4 is 5.19 Å². The molecule has 2 aromatic heterocycles. The second-order valence-electron chi connectivity index (χ2n) is 11.1. The summed E-state index contributed by atoms with van der Waals surface area (Å²) in [4.78, 5) is 8.88. The Kier molecular flexibility index (Phi) is 8.08. The predicted octanol–water partition coefficient (Wildman–Crippen LogP) is 9.51. The number of hydrogen-bond donors (Lipinski definition) is 0. The van der Waals surface area contributed by atoms with Crippen molar-refractivity contribution in [3.05, 3.63) is 162 Å². The van der Waals surface area contributed by atoms with Crippen LogP contribution in [0.25, 0.3) is 33.6 Å². The van der Waals surface area contributed by atoms with Crippen LogP contribution in [0.15, 0.2) is 128 Å². The van der Waals surface area contributed by atoms with Crippen molar-refractivity contribution in [2.75, 3.05) is 0 Å². The van der Waals surface area contributed by atoms with Gasteiger partial charge in [-0.15, -0.1) is 71.3 Å². The molecular formula is C40H38IrN2Si-2. The van der Waals surface area contributed by atoms with E-state index in [1.165, 1.54) is 28.6 Å². The summed E-state index contributed by atoms with van der Waals surface area (Å²) in [6.45, 7) is 2.37. The Bertz CT molecular complexity index is 2060. The van der Waals surface area contributed by atoms with E-state index < -0.39 is 28.2 Å². The van der Waals surface area contributed by atoms with Gasteiger partial charge in [0.15, 0.2) is 0 Å². The predicted molar refractivity (Wildman–Crippen MR) is 184 cm³/mol. The third kappa shape index (κ3) is 8.57. The van der Waals surface area contributed by atoms with Crippen molar-refractivity contribution in [1.29, 1.82) is 0 Å². The summed E-state index contributed by atoms with van der Waals surface area (Å²) in [5.74, 6) is 0. The van der Waals surface area contributed by atoms with E-state index in [4.69, 9.17) is 11.0 Å². The first-order valence-corrected chi connectivity index (χ1v) is 17.6. The molecule has 0 unspecified atom stereocenters. The zero-order chi connectivity index (χ0) is 37.0. The van der Waals surface area contributed by atoms with Gasteiger partial charge in [-0.2, -0.15) is 0 Å². The van der Waals surface area contributed by atoms with E-state index >= 15 is 0 Å².